The van der Waals surface area contributed by atoms with Crippen molar-refractivity contribution in [1.29, 1.82) is 0 Å². The molecule has 3 aromatic rings. The number of hydrogen-bond acceptors (Lipinski definition) is 9. The Morgan fingerprint density at radius 1 is 1.05 bits per heavy atom. The molecule has 0 radical (unpaired) electrons. The van der Waals surface area contributed by atoms with E-state index in [9.17, 15) is 13.6 Å². The van der Waals surface area contributed by atoms with E-state index in [1.54, 1.807) is 24.3 Å². The van der Waals surface area contributed by atoms with E-state index < -0.39 is 6.43 Å². The summed E-state index contributed by atoms with van der Waals surface area (Å²) in [5.74, 6) is 1.48. The molecule has 10 nitrogen and oxygen atoms in total. The minimum Gasteiger partial charge on any atom is -0.465 e. The number of anilines is 2. The Morgan fingerprint density at radius 3 is 2.60 bits per heavy atom. The van der Waals surface area contributed by atoms with Gasteiger partial charge in [-0.3, -0.25) is 14.3 Å². The first-order valence-corrected chi connectivity index (χ1v) is 15.7. The number of piperidine rings is 1. The van der Waals surface area contributed by atoms with Gasteiger partial charge in [-0.2, -0.15) is 9.97 Å². The van der Waals surface area contributed by atoms with Crippen molar-refractivity contribution < 1.29 is 23.0 Å². The molecule has 2 aromatic heterocycles. The molecule has 1 unspecified atom stereocenters. The maximum Gasteiger partial charge on any atom is 0.323 e. The van der Waals surface area contributed by atoms with E-state index in [4.69, 9.17) is 19.4 Å². The first-order valence-electron chi connectivity index (χ1n) is 15.7. The number of para-hydroxylation sites is 2. The lowest BCUT2D eigenvalue weighted by atomic mass is 9.83. The number of rotatable bonds is 9. The SMILES string of the molecule is CCOC(=O)C1CCCCN1[C@H]1CC[C@H](CNc2cc(-n3c(C(F)F)nc4ccccc43)nc(N3CCOCC3)n2)CC1. The quantitative estimate of drug-likeness (QED) is 0.343. The van der Waals surface area contributed by atoms with Gasteiger partial charge in [0.15, 0.2) is 5.82 Å². The minimum absolute atomic E-state index is 0.0812. The number of carbonyl (C=O) groups excluding carboxylic acids is 1. The van der Waals surface area contributed by atoms with Gasteiger partial charge in [0.05, 0.1) is 30.9 Å². The van der Waals surface area contributed by atoms with Crippen molar-refractivity contribution in [3.63, 3.8) is 0 Å². The number of esters is 1. The Morgan fingerprint density at radius 2 is 1.84 bits per heavy atom. The van der Waals surface area contributed by atoms with Gasteiger partial charge in [0.1, 0.15) is 17.7 Å². The molecule has 1 saturated carbocycles. The van der Waals surface area contributed by atoms with Crippen LogP contribution in [0.4, 0.5) is 20.5 Å². The third-order valence-corrected chi connectivity index (χ3v) is 8.97. The van der Waals surface area contributed by atoms with E-state index in [0.717, 1.165) is 58.0 Å². The number of nitrogens with zero attached hydrogens (tertiary/aromatic N) is 6. The zero-order valence-corrected chi connectivity index (χ0v) is 24.8. The number of hydrogen-bond donors (Lipinski definition) is 1. The van der Waals surface area contributed by atoms with Gasteiger partial charge in [-0.25, -0.2) is 13.8 Å². The Bertz CT molecular complexity index is 1390. The molecule has 2 aliphatic heterocycles. The minimum atomic E-state index is -2.76. The average molecular weight is 598 g/mol. The summed E-state index contributed by atoms with van der Waals surface area (Å²) in [4.78, 5) is 30.8. The van der Waals surface area contributed by atoms with Gasteiger partial charge in [-0.15, -0.1) is 0 Å². The van der Waals surface area contributed by atoms with Crippen LogP contribution in [0.3, 0.4) is 0 Å². The zero-order chi connectivity index (χ0) is 29.8. The highest BCUT2D eigenvalue weighted by Gasteiger charge is 2.36. The lowest BCUT2D eigenvalue weighted by molar-refractivity contribution is -0.152. The molecule has 1 aliphatic carbocycles. The van der Waals surface area contributed by atoms with Gasteiger partial charge in [0.2, 0.25) is 5.95 Å². The maximum atomic E-state index is 14.2. The molecule has 1 aromatic carbocycles. The van der Waals surface area contributed by atoms with Crippen LogP contribution in [0.5, 0.6) is 0 Å². The van der Waals surface area contributed by atoms with Crippen LogP contribution >= 0.6 is 0 Å². The molecule has 0 amide bonds. The first kappa shape index (κ1) is 29.7. The Labute approximate surface area is 250 Å². The van der Waals surface area contributed by atoms with Crippen LogP contribution in [0.25, 0.3) is 16.9 Å². The highest BCUT2D eigenvalue weighted by Crippen LogP contribution is 2.33. The van der Waals surface area contributed by atoms with Crippen LogP contribution < -0.4 is 10.2 Å². The van der Waals surface area contributed by atoms with Crippen molar-refractivity contribution in [2.75, 3.05) is 56.2 Å². The monoisotopic (exact) mass is 597 g/mol. The molecule has 1 atom stereocenters. The Hall–Kier alpha value is -3.38. The highest BCUT2D eigenvalue weighted by atomic mass is 19.3. The van der Waals surface area contributed by atoms with Crippen LogP contribution in [0.2, 0.25) is 0 Å². The van der Waals surface area contributed by atoms with Crippen LogP contribution in [-0.2, 0) is 14.3 Å². The normalized spacial score (nSPS) is 23.5. The molecule has 3 fully saturated rings. The second-order valence-electron chi connectivity index (χ2n) is 11.7. The summed E-state index contributed by atoms with van der Waals surface area (Å²) in [7, 11) is 0. The highest BCUT2D eigenvalue weighted by molar-refractivity contribution is 5.78. The molecule has 4 heterocycles. The summed E-state index contributed by atoms with van der Waals surface area (Å²) in [6.07, 6.45) is 4.47. The second-order valence-corrected chi connectivity index (χ2v) is 11.7. The number of alkyl halides is 2. The zero-order valence-electron chi connectivity index (χ0n) is 24.8. The summed E-state index contributed by atoms with van der Waals surface area (Å²) in [5.41, 5.74) is 1.07. The number of ether oxygens (including phenoxy) is 2. The summed E-state index contributed by atoms with van der Waals surface area (Å²) >= 11 is 0. The maximum absolute atomic E-state index is 14.2. The van der Waals surface area contributed by atoms with Gasteiger partial charge in [0, 0.05) is 31.7 Å². The number of halogens is 2. The first-order chi connectivity index (χ1) is 21.0. The molecule has 2 saturated heterocycles. The van der Waals surface area contributed by atoms with Crippen LogP contribution in [-0.4, -0.2) is 88.5 Å². The van der Waals surface area contributed by atoms with Crippen molar-refractivity contribution in [3.8, 4) is 5.82 Å². The Kier molecular flexibility index (Phi) is 9.32. The van der Waals surface area contributed by atoms with E-state index in [2.05, 4.69) is 15.2 Å². The summed E-state index contributed by atoms with van der Waals surface area (Å²) in [6, 6.07) is 9.14. The van der Waals surface area contributed by atoms with Crippen molar-refractivity contribution in [2.24, 2.45) is 5.92 Å². The number of carbonyl (C=O) groups is 1. The predicted octanol–water partition coefficient (Wildman–Crippen LogP) is 4.98. The fourth-order valence-corrected chi connectivity index (χ4v) is 6.78. The smallest absolute Gasteiger partial charge is 0.323 e. The fraction of sp³-hybridized carbons (Fsp3) is 0.613. The number of morpholine rings is 1. The van der Waals surface area contributed by atoms with E-state index >= 15 is 0 Å². The number of aromatic nitrogens is 4. The third-order valence-electron chi connectivity index (χ3n) is 8.97. The number of likely N-dealkylation sites (tertiary alicyclic amines) is 1. The van der Waals surface area contributed by atoms with Crippen molar-refractivity contribution in [1.82, 2.24) is 24.4 Å². The van der Waals surface area contributed by atoms with Gasteiger partial charge >= 0.3 is 5.97 Å². The molecule has 3 aliphatic rings. The number of nitrogens with one attached hydrogen (secondary N) is 1. The molecule has 1 N–H and O–H groups in total. The topological polar surface area (TPSA) is 97.6 Å². The summed E-state index contributed by atoms with van der Waals surface area (Å²) < 4.78 is 40.7. The van der Waals surface area contributed by atoms with E-state index in [1.807, 2.05) is 17.9 Å². The van der Waals surface area contributed by atoms with Crippen molar-refractivity contribution in [2.45, 2.75) is 70.4 Å². The van der Waals surface area contributed by atoms with Crippen LogP contribution in [0, 0.1) is 5.92 Å². The predicted molar refractivity (Wildman–Crippen MR) is 160 cm³/mol. The van der Waals surface area contributed by atoms with Crippen molar-refractivity contribution in [3.05, 3.63) is 36.2 Å². The molecule has 43 heavy (non-hydrogen) atoms. The van der Waals surface area contributed by atoms with Gasteiger partial charge in [0.25, 0.3) is 6.43 Å². The number of imidazole rings is 1. The fourth-order valence-electron chi connectivity index (χ4n) is 6.78. The summed E-state index contributed by atoms with van der Waals surface area (Å²) in [5, 5.41) is 3.51. The second kappa shape index (κ2) is 13.5. The van der Waals surface area contributed by atoms with Crippen LogP contribution in [0.1, 0.15) is 64.1 Å². The average Bonchev–Trinajstić information content (AvgIpc) is 3.45. The largest absolute Gasteiger partial charge is 0.465 e. The molecule has 232 valence electrons. The molecule has 0 spiro atoms. The molecular formula is C31H41F2N7O3. The molecule has 0 bridgehead atoms. The van der Waals surface area contributed by atoms with Gasteiger partial charge in [-0.05, 0) is 70.0 Å². The molecule has 12 heteroatoms. The molecule has 6 rings (SSSR count). The number of benzene rings is 1. The Balaban J connectivity index is 1.19. The standard InChI is InChI=1S/C31H41F2N7O3/c1-2-43-30(41)25-9-5-6-14-39(25)22-12-10-21(11-13-22)20-34-26-19-27(37-31(36-26)38-15-17-42-18-16-38)40-24-8-4-3-7-23(24)35-29(40)28(32)33/h3-4,7-8,19,21-22,25,28H,2,5-6,9-18,20H2,1H3,(H,34,36,37)/t21-,22-,25?. The van der Waals surface area contributed by atoms with Gasteiger partial charge in [-0.1, -0.05) is 18.6 Å². The van der Waals surface area contributed by atoms with Crippen LogP contribution in [0.15, 0.2) is 30.3 Å². The lowest BCUT2D eigenvalue weighted by Crippen LogP contribution is -2.51. The lowest BCUT2D eigenvalue weighted by Gasteiger charge is -2.42. The van der Waals surface area contributed by atoms with E-state index in [0.29, 0.717) is 73.5 Å². The van der Waals surface area contributed by atoms with E-state index in [-0.39, 0.29) is 17.8 Å². The van der Waals surface area contributed by atoms with E-state index in [1.165, 1.54) is 4.57 Å². The van der Waals surface area contributed by atoms with Gasteiger partial charge < -0.3 is 19.7 Å². The molecular weight excluding hydrogens is 556 g/mol. The van der Waals surface area contributed by atoms with Crippen molar-refractivity contribution >= 4 is 28.8 Å². The number of fused-ring (bicyclic) bond motifs is 1. The third kappa shape index (κ3) is 6.59. The summed E-state index contributed by atoms with van der Waals surface area (Å²) in [6.45, 7) is 6.33.